The molecule has 5 heteroatoms. The molecule has 1 amide bonds. The minimum atomic E-state index is -3.08. The fourth-order valence-corrected chi connectivity index (χ4v) is 7.14. The number of aryl methyl sites for hydroxylation is 1. The van der Waals surface area contributed by atoms with Crippen LogP contribution in [-0.4, -0.2) is 25.2 Å². The van der Waals surface area contributed by atoms with Crippen molar-refractivity contribution >= 4 is 23.7 Å². The first-order chi connectivity index (χ1) is 18.4. The molecule has 0 aliphatic heterocycles. The number of hydrogen-bond acceptors (Lipinski definition) is 3. The summed E-state index contributed by atoms with van der Waals surface area (Å²) in [6, 6.07) is 23.2. The van der Waals surface area contributed by atoms with Crippen LogP contribution in [0.5, 0.6) is 5.75 Å². The third-order valence-corrected chi connectivity index (χ3v) is 11.2. The van der Waals surface area contributed by atoms with Crippen molar-refractivity contribution in [2.24, 2.45) is 0 Å². The van der Waals surface area contributed by atoms with Gasteiger partial charge in [-0.3, -0.25) is 4.79 Å². The van der Waals surface area contributed by atoms with Crippen LogP contribution in [0.1, 0.15) is 77.5 Å². The summed E-state index contributed by atoms with van der Waals surface area (Å²) in [5, 5.41) is 4.38. The number of rotatable bonds is 13. The Morgan fingerprint density at radius 3 is 1.90 bits per heavy atom. The molecule has 0 bridgehead atoms. The molecule has 0 spiro atoms. The van der Waals surface area contributed by atoms with Crippen LogP contribution in [-0.2, 0) is 20.2 Å². The maximum Gasteiger partial charge on any atom is 0.228 e. The fraction of sp³-hybridized carbons (Fsp3) is 0.441. The first-order valence-corrected chi connectivity index (χ1v) is 16.1. The molecule has 1 N–H and O–H groups in total. The lowest BCUT2D eigenvalue weighted by molar-refractivity contribution is -0.118. The Balaban J connectivity index is 1.66. The number of carbonyl (C=O) groups excluding carboxylic acids is 1. The summed E-state index contributed by atoms with van der Waals surface area (Å²) < 4.78 is 20.5. The number of ether oxygens (including phenoxy) is 1. The highest BCUT2D eigenvalue weighted by molar-refractivity contribution is 7.79. The second-order valence-corrected chi connectivity index (χ2v) is 14.6. The van der Waals surface area contributed by atoms with E-state index in [0.717, 1.165) is 24.2 Å². The molecule has 0 atom stereocenters. The zero-order chi connectivity index (χ0) is 28.7. The molecule has 4 nitrogen and oxygen atoms in total. The van der Waals surface area contributed by atoms with Gasteiger partial charge < -0.3 is 14.6 Å². The lowest BCUT2D eigenvalue weighted by Gasteiger charge is -2.31. The molecule has 0 saturated heterocycles. The van der Waals surface area contributed by atoms with E-state index in [1.54, 1.807) is 0 Å². The number of amides is 1. The third kappa shape index (κ3) is 7.42. The fourth-order valence-electron chi connectivity index (χ4n) is 4.66. The van der Waals surface area contributed by atoms with Gasteiger partial charge in [0.1, 0.15) is 5.75 Å². The Bertz CT molecular complexity index is 1240. The van der Waals surface area contributed by atoms with Gasteiger partial charge >= 0.3 is 0 Å². The van der Waals surface area contributed by atoms with Crippen molar-refractivity contribution in [2.45, 2.75) is 78.6 Å². The van der Waals surface area contributed by atoms with Crippen molar-refractivity contribution in [3.63, 3.8) is 0 Å². The molecule has 0 aliphatic carbocycles. The Hall–Kier alpha value is -2.84. The van der Waals surface area contributed by atoms with Gasteiger partial charge in [-0.05, 0) is 48.1 Å². The van der Waals surface area contributed by atoms with Crippen LogP contribution in [0.15, 0.2) is 72.8 Å². The Morgan fingerprint density at radius 2 is 1.38 bits per heavy atom. The first kappa shape index (κ1) is 30.7. The molecule has 0 aliphatic rings. The van der Waals surface area contributed by atoms with Crippen molar-refractivity contribution in [3.05, 3.63) is 89.5 Å². The highest BCUT2D eigenvalue weighted by Gasteiger charge is 2.30. The lowest BCUT2D eigenvalue weighted by atomic mass is 9.75. The summed E-state index contributed by atoms with van der Waals surface area (Å²) in [5.41, 5.74) is 3.84. The minimum absolute atomic E-state index is 0.00975. The zero-order valence-electron chi connectivity index (χ0n) is 24.8. The molecular formula is C34H46NO3P. The Morgan fingerprint density at radius 1 is 0.846 bits per heavy atom. The monoisotopic (exact) mass is 547 g/mol. The predicted molar refractivity (Wildman–Crippen MR) is 166 cm³/mol. The van der Waals surface area contributed by atoms with E-state index in [1.165, 1.54) is 11.1 Å². The molecule has 0 aromatic heterocycles. The van der Waals surface area contributed by atoms with Crippen molar-refractivity contribution in [3.8, 4) is 5.75 Å². The zero-order valence-corrected chi connectivity index (χ0v) is 25.7. The van der Waals surface area contributed by atoms with Crippen LogP contribution in [0.2, 0.25) is 0 Å². The molecule has 210 valence electrons. The number of hydrogen-bond donors (Lipinski definition) is 1. The van der Waals surface area contributed by atoms with Gasteiger partial charge in [0.25, 0.3) is 0 Å². The van der Waals surface area contributed by atoms with Crippen LogP contribution < -0.4 is 20.7 Å². The van der Waals surface area contributed by atoms with Gasteiger partial charge in [-0.15, -0.1) is 0 Å². The summed E-state index contributed by atoms with van der Waals surface area (Å²) in [5.74, 6) is 0.752. The smallest absolute Gasteiger partial charge is 0.228 e. The summed E-state index contributed by atoms with van der Waals surface area (Å²) in [6.45, 7) is 16.7. The maximum absolute atomic E-state index is 14.1. The van der Waals surface area contributed by atoms with E-state index in [-0.39, 0.29) is 22.9 Å². The highest BCUT2D eigenvalue weighted by atomic mass is 31.2. The van der Waals surface area contributed by atoms with Crippen LogP contribution in [0, 0.1) is 6.92 Å². The quantitative estimate of drug-likeness (QED) is 0.181. The van der Waals surface area contributed by atoms with Gasteiger partial charge in [0, 0.05) is 22.7 Å². The molecule has 3 aromatic carbocycles. The lowest BCUT2D eigenvalue weighted by Crippen LogP contribution is -2.32. The van der Waals surface area contributed by atoms with E-state index >= 15 is 0 Å². The second-order valence-electron chi connectivity index (χ2n) is 11.8. The molecule has 39 heavy (non-hydrogen) atoms. The average molecular weight is 548 g/mol. The van der Waals surface area contributed by atoms with Gasteiger partial charge in [-0.1, -0.05) is 114 Å². The molecule has 0 saturated carbocycles. The average Bonchev–Trinajstić information content (AvgIpc) is 2.94. The molecular weight excluding hydrogens is 501 g/mol. The van der Waals surface area contributed by atoms with E-state index in [2.05, 4.69) is 65.9 Å². The number of benzene rings is 3. The molecule has 0 unspecified atom stereocenters. The summed E-state index contributed by atoms with van der Waals surface area (Å²) in [7, 11) is -3.08. The van der Waals surface area contributed by atoms with Crippen molar-refractivity contribution in [2.75, 3.05) is 19.3 Å². The first-order valence-electron chi connectivity index (χ1n) is 14.2. The number of nitrogens with one attached hydrogen (secondary N) is 1. The summed E-state index contributed by atoms with van der Waals surface area (Å²) in [6.07, 6.45) is 2.70. The largest absolute Gasteiger partial charge is 0.493 e. The summed E-state index contributed by atoms with van der Waals surface area (Å²) >= 11 is 0. The maximum atomic E-state index is 14.1. The van der Waals surface area contributed by atoms with Crippen LogP contribution in [0.4, 0.5) is 0 Å². The van der Waals surface area contributed by atoms with E-state index in [0.29, 0.717) is 30.2 Å². The molecule has 0 radical (unpaired) electrons. The minimum Gasteiger partial charge on any atom is -0.493 e. The Labute approximate surface area is 235 Å². The van der Waals surface area contributed by atoms with Crippen LogP contribution in [0.3, 0.4) is 0 Å². The van der Waals surface area contributed by atoms with Crippen molar-refractivity contribution in [1.82, 2.24) is 5.32 Å². The van der Waals surface area contributed by atoms with E-state index in [4.69, 9.17) is 4.74 Å². The number of carbonyl (C=O) groups is 1. The predicted octanol–water partition coefficient (Wildman–Crippen LogP) is 7.27. The highest BCUT2D eigenvalue weighted by Crippen LogP contribution is 2.43. The normalized spacial score (nSPS) is 12.3. The van der Waals surface area contributed by atoms with Gasteiger partial charge in [-0.25, -0.2) is 0 Å². The molecule has 3 rings (SSSR count). The molecule has 3 aromatic rings. The van der Waals surface area contributed by atoms with Gasteiger partial charge in [0.05, 0.1) is 12.8 Å². The van der Waals surface area contributed by atoms with Gasteiger partial charge in [-0.2, -0.15) is 0 Å². The third-order valence-electron chi connectivity index (χ3n) is 8.16. The van der Waals surface area contributed by atoms with E-state index in [1.807, 2.05) is 60.7 Å². The standard InChI is InChI=1S/C34H46NO3P/c1-8-33(4,5)27-23-26(3)32(30(24-27)34(6,7)9-2)38-22-16-21-35-31(36)25-39(37,28-17-12-10-13-18-28)29-19-14-11-15-20-29/h10-15,17-20,23-24H,8-9,16,21-22,25H2,1-7H3,(H,35,36). The van der Waals surface area contributed by atoms with Crippen LogP contribution in [0.25, 0.3) is 0 Å². The van der Waals surface area contributed by atoms with Crippen molar-refractivity contribution in [1.29, 1.82) is 0 Å². The molecule has 0 heterocycles. The van der Waals surface area contributed by atoms with Gasteiger partial charge in [0.15, 0.2) is 7.14 Å². The van der Waals surface area contributed by atoms with Gasteiger partial charge in [0.2, 0.25) is 5.91 Å². The van der Waals surface area contributed by atoms with E-state index in [9.17, 15) is 9.36 Å². The van der Waals surface area contributed by atoms with Crippen molar-refractivity contribution < 1.29 is 14.1 Å². The Kier molecular flexibility index (Phi) is 10.2. The SMILES string of the molecule is CCC(C)(C)c1cc(C)c(OCCCNC(=O)CP(=O)(c2ccccc2)c2ccccc2)c(C(C)(C)CC)c1. The topological polar surface area (TPSA) is 55.4 Å². The van der Waals surface area contributed by atoms with E-state index < -0.39 is 7.14 Å². The summed E-state index contributed by atoms with van der Waals surface area (Å²) in [4.78, 5) is 13.0. The molecule has 0 fully saturated rings. The second kappa shape index (κ2) is 13.0. The van der Waals surface area contributed by atoms with Crippen LogP contribution >= 0.6 is 7.14 Å².